The van der Waals surface area contributed by atoms with Gasteiger partial charge in [-0.05, 0) is 32.3 Å². The molecule has 1 saturated carbocycles. The van der Waals surface area contributed by atoms with E-state index in [0.717, 1.165) is 23.2 Å². The number of nitrogens with two attached hydrogens (primary N) is 1. The molecule has 2 aromatic heterocycles. The number of carbonyl (C=O) groups is 1. The number of carbonyl (C=O) groups excluding carboxylic acids is 1. The van der Waals surface area contributed by atoms with E-state index < -0.39 is 0 Å². The van der Waals surface area contributed by atoms with E-state index in [-0.39, 0.29) is 5.91 Å². The Balaban J connectivity index is 2.17. The van der Waals surface area contributed by atoms with Gasteiger partial charge in [-0.25, -0.2) is 0 Å². The molecule has 134 valence electrons. The maximum absolute atomic E-state index is 12.3. The first-order chi connectivity index (χ1) is 12.1. The van der Waals surface area contributed by atoms with Crippen molar-refractivity contribution in [1.82, 2.24) is 9.55 Å². The van der Waals surface area contributed by atoms with Gasteiger partial charge >= 0.3 is 0 Å². The molecular formula is C21H29N3O. The summed E-state index contributed by atoms with van der Waals surface area (Å²) in [6.45, 7) is 4.22. The van der Waals surface area contributed by atoms with Crippen molar-refractivity contribution in [3.05, 3.63) is 41.5 Å². The van der Waals surface area contributed by atoms with Crippen LogP contribution >= 0.6 is 0 Å². The van der Waals surface area contributed by atoms with E-state index in [1.165, 1.54) is 50.6 Å². The number of rotatable bonds is 4. The third kappa shape index (κ3) is 3.48. The lowest BCUT2D eigenvalue weighted by molar-refractivity contribution is 0.1000. The highest BCUT2D eigenvalue weighted by molar-refractivity contribution is 6.02. The van der Waals surface area contributed by atoms with Crippen molar-refractivity contribution >= 4 is 5.91 Å². The van der Waals surface area contributed by atoms with Gasteiger partial charge in [0.25, 0.3) is 5.91 Å². The molecule has 2 N–H and O–H groups in total. The number of pyridine rings is 1. The van der Waals surface area contributed by atoms with Gasteiger partial charge in [-0.2, -0.15) is 0 Å². The van der Waals surface area contributed by atoms with Crippen LogP contribution in [-0.2, 0) is 6.42 Å². The number of hydrogen-bond acceptors (Lipinski definition) is 2. The number of hydrogen-bond donors (Lipinski definition) is 1. The predicted molar refractivity (Wildman–Crippen MR) is 102 cm³/mol. The minimum Gasteiger partial charge on any atom is -0.366 e. The standard InChI is InChI=1S/C21H29N3O/c1-3-18-20(16-10-9-13-23-14-16)19(21(22)25)15(2)24(18)17-11-7-5-4-6-8-12-17/h9-10,13-14,17H,3-8,11-12H2,1-2H3,(H2,22,25). The van der Waals surface area contributed by atoms with Crippen LogP contribution in [0.1, 0.15) is 79.7 Å². The lowest BCUT2D eigenvalue weighted by Crippen LogP contribution is -2.17. The van der Waals surface area contributed by atoms with Gasteiger partial charge in [-0.15, -0.1) is 0 Å². The number of primary amides is 1. The van der Waals surface area contributed by atoms with Crippen LogP contribution in [0.2, 0.25) is 0 Å². The third-order valence-electron chi connectivity index (χ3n) is 5.52. The molecule has 2 heterocycles. The van der Waals surface area contributed by atoms with Crippen LogP contribution in [0.25, 0.3) is 11.1 Å². The van der Waals surface area contributed by atoms with Crippen LogP contribution < -0.4 is 5.73 Å². The van der Waals surface area contributed by atoms with E-state index in [9.17, 15) is 4.79 Å². The molecule has 0 saturated heterocycles. The van der Waals surface area contributed by atoms with Crippen molar-refractivity contribution in [3.8, 4) is 11.1 Å². The maximum Gasteiger partial charge on any atom is 0.251 e. The molecule has 25 heavy (non-hydrogen) atoms. The molecule has 0 bridgehead atoms. The monoisotopic (exact) mass is 339 g/mol. The molecule has 3 rings (SSSR count). The first-order valence-electron chi connectivity index (χ1n) is 9.59. The van der Waals surface area contributed by atoms with Crippen LogP contribution in [0.3, 0.4) is 0 Å². The van der Waals surface area contributed by atoms with Gasteiger partial charge in [-0.3, -0.25) is 9.78 Å². The van der Waals surface area contributed by atoms with E-state index in [1.807, 2.05) is 18.3 Å². The van der Waals surface area contributed by atoms with Gasteiger partial charge < -0.3 is 10.3 Å². The van der Waals surface area contributed by atoms with E-state index in [1.54, 1.807) is 6.20 Å². The number of aromatic nitrogens is 2. The fourth-order valence-electron chi connectivity index (χ4n) is 4.43. The minimum atomic E-state index is -0.337. The zero-order valence-electron chi connectivity index (χ0n) is 15.4. The highest BCUT2D eigenvalue weighted by Gasteiger charge is 2.27. The summed E-state index contributed by atoms with van der Waals surface area (Å²) in [5, 5.41) is 0. The van der Waals surface area contributed by atoms with Crippen LogP contribution in [0, 0.1) is 6.92 Å². The summed E-state index contributed by atoms with van der Waals surface area (Å²) in [7, 11) is 0. The predicted octanol–water partition coefficient (Wildman–Crippen LogP) is 4.81. The third-order valence-corrected chi connectivity index (χ3v) is 5.52. The van der Waals surface area contributed by atoms with E-state index in [4.69, 9.17) is 5.73 Å². The maximum atomic E-state index is 12.3. The minimum absolute atomic E-state index is 0.337. The van der Waals surface area contributed by atoms with Gasteiger partial charge in [0.2, 0.25) is 0 Å². The Hall–Kier alpha value is -2.10. The molecule has 4 heteroatoms. The fraction of sp³-hybridized carbons (Fsp3) is 0.524. The average molecular weight is 339 g/mol. The highest BCUT2D eigenvalue weighted by Crippen LogP contribution is 2.38. The molecule has 1 aliphatic rings. The molecule has 0 atom stereocenters. The van der Waals surface area contributed by atoms with Gasteiger partial charge in [0.15, 0.2) is 0 Å². The second kappa shape index (κ2) is 7.85. The summed E-state index contributed by atoms with van der Waals surface area (Å²) in [6, 6.07) is 4.41. The number of nitrogens with zero attached hydrogens (tertiary/aromatic N) is 2. The van der Waals surface area contributed by atoms with Gasteiger partial charge in [0.05, 0.1) is 5.56 Å². The Morgan fingerprint density at radius 2 is 1.92 bits per heavy atom. The summed E-state index contributed by atoms with van der Waals surface area (Å²) >= 11 is 0. The fourth-order valence-corrected chi connectivity index (χ4v) is 4.43. The summed E-state index contributed by atoms with van der Waals surface area (Å²) in [5.41, 5.74) is 10.7. The molecule has 2 aromatic rings. The normalized spacial score (nSPS) is 16.4. The van der Waals surface area contributed by atoms with Crippen molar-refractivity contribution in [1.29, 1.82) is 0 Å². The summed E-state index contributed by atoms with van der Waals surface area (Å²) in [4.78, 5) is 16.5. The van der Waals surface area contributed by atoms with Crippen molar-refractivity contribution in [2.75, 3.05) is 0 Å². The zero-order chi connectivity index (χ0) is 17.8. The Kier molecular flexibility index (Phi) is 5.57. The largest absolute Gasteiger partial charge is 0.366 e. The molecular weight excluding hydrogens is 310 g/mol. The van der Waals surface area contributed by atoms with Crippen molar-refractivity contribution < 1.29 is 4.79 Å². The topological polar surface area (TPSA) is 60.9 Å². The molecule has 1 fully saturated rings. The van der Waals surface area contributed by atoms with Crippen molar-refractivity contribution in [2.24, 2.45) is 5.73 Å². The first-order valence-corrected chi connectivity index (χ1v) is 9.59. The summed E-state index contributed by atoms with van der Waals surface area (Å²) < 4.78 is 2.42. The van der Waals surface area contributed by atoms with Crippen molar-refractivity contribution in [3.63, 3.8) is 0 Å². The summed E-state index contributed by atoms with van der Waals surface area (Å²) in [5.74, 6) is -0.337. The van der Waals surface area contributed by atoms with Crippen LogP contribution in [0.15, 0.2) is 24.5 Å². The Morgan fingerprint density at radius 1 is 1.24 bits per heavy atom. The Morgan fingerprint density at radius 3 is 2.48 bits per heavy atom. The molecule has 0 radical (unpaired) electrons. The highest BCUT2D eigenvalue weighted by atomic mass is 16.1. The number of amides is 1. The van der Waals surface area contributed by atoms with E-state index >= 15 is 0 Å². The lowest BCUT2D eigenvalue weighted by Gasteiger charge is -2.25. The zero-order valence-corrected chi connectivity index (χ0v) is 15.4. The lowest BCUT2D eigenvalue weighted by atomic mass is 9.96. The smallest absolute Gasteiger partial charge is 0.251 e. The molecule has 1 aliphatic carbocycles. The van der Waals surface area contributed by atoms with Gasteiger partial charge in [-0.1, -0.05) is 45.1 Å². The van der Waals surface area contributed by atoms with Gasteiger partial charge in [0, 0.05) is 41.0 Å². The van der Waals surface area contributed by atoms with Gasteiger partial charge in [0.1, 0.15) is 0 Å². The second-order valence-electron chi connectivity index (χ2n) is 7.11. The van der Waals surface area contributed by atoms with Crippen LogP contribution in [-0.4, -0.2) is 15.5 Å². The van der Waals surface area contributed by atoms with E-state index in [0.29, 0.717) is 11.6 Å². The van der Waals surface area contributed by atoms with Crippen molar-refractivity contribution in [2.45, 2.75) is 71.3 Å². The van der Waals surface area contributed by atoms with Crippen LogP contribution in [0.5, 0.6) is 0 Å². The molecule has 4 nitrogen and oxygen atoms in total. The second-order valence-corrected chi connectivity index (χ2v) is 7.11. The first kappa shape index (κ1) is 17.7. The molecule has 1 amide bonds. The van der Waals surface area contributed by atoms with Crippen LogP contribution in [0.4, 0.5) is 0 Å². The molecule has 0 aromatic carbocycles. The summed E-state index contributed by atoms with van der Waals surface area (Å²) in [6.07, 6.45) is 13.4. The molecule has 0 aliphatic heterocycles. The molecule has 0 spiro atoms. The quantitative estimate of drug-likeness (QED) is 0.869. The average Bonchev–Trinajstić information content (AvgIpc) is 2.88. The Labute approximate surface area is 150 Å². The van der Waals surface area contributed by atoms with E-state index in [2.05, 4.69) is 23.4 Å². The molecule has 0 unspecified atom stereocenters. The Bertz CT molecular complexity index is 725. The SMILES string of the molecule is CCc1c(-c2cccnc2)c(C(N)=O)c(C)n1C1CCCCCCC1.